The molecule has 14 heavy (non-hydrogen) atoms. The van der Waals surface area contributed by atoms with Crippen molar-refractivity contribution in [3.8, 4) is 0 Å². The molecule has 1 rings (SSSR count). The average molecular weight is 195 g/mol. The highest BCUT2D eigenvalue weighted by Gasteiger charge is 2.09. The largest absolute Gasteiger partial charge is 0.331 e. The molecule has 80 valence electrons. The zero-order valence-corrected chi connectivity index (χ0v) is 9.83. The lowest BCUT2D eigenvalue weighted by atomic mass is 10.2. The molecule has 0 amide bonds. The van der Waals surface area contributed by atoms with Crippen molar-refractivity contribution < 1.29 is 0 Å². The lowest BCUT2D eigenvalue weighted by Crippen LogP contribution is -2.29. The molecule has 1 aromatic heterocycles. The van der Waals surface area contributed by atoms with Gasteiger partial charge in [0.25, 0.3) is 0 Å². The van der Waals surface area contributed by atoms with Crippen LogP contribution in [0.25, 0.3) is 0 Å². The Morgan fingerprint density at radius 1 is 1.36 bits per heavy atom. The number of rotatable bonds is 4. The van der Waals surface area contributed by atoms with Crippen LogP contribution in [0.4, 0.5) is 0 Å². The Kier molecular flexibility index (Phi) is 3.69. The van der Waals surface area contributed by atoms with Gasteiger partial charge in [-0.3, -0.25) is 0 Å². The van der Waals surface area contributed by atoms with Crippen LogP contribution in [0.15, 0.2) is 6.33 Å². The lowest BCUT2D eigenvalue weighted by molar-refractivity contribution is 0.458. The summed E-state index contributed by atoms with van der Waals surface area (Å²) in [5, 5.41) is 3.43. The molecule has 0 bridgehead atoms. The summed E-state index contributed by atoms with van der Waals surface area (Å²) >= 11 is 0. The molecule has 0 saturated heterocycles. The van der Waals surface area contributed by atoms with Gasteiger partial charge in [-0.15, -0.1) is 0 Å². The highest BCUT2D eigenvalue weighted by atomic mass is 15.1. The Morgan fingerprint density at radius 2 is 2.00 bits per heavy atom. The fraction of sp³-hybridized carbons (Fsp3) is 0.727. The maximum atomic E-state index is 4.30. The minimum Gasteiger partial charge on any atom is -0.331 e. The molecule has 0 fully saturated rings. The van der Waals surface area contributed by atoms with Crippen LogP contribution in [0.1, 0.15) is 38.2 Å². The van der Waals surface area contributed by atoms with Gasteiger partial charge in [0.2, 0.25) is 0 Å². The van der Waals surface area contributed by atoms with E-state index in [-0.39, 0.29) is 0 Å². The van der Waals surface area contributed by atoms with Gasteiger partial charge in [-0.1, -0.05) is 13.8 Å². The van der Waals surface area contributed by atoms with Crippen molar-refractivity contribution in [2.24, 2.45) is 0 Å². The topological polar surface area (TPSA) is 29.9 Å². The van der Waals surface area contributed by atoms with Crippen LogP contribution >= 0.6 is 0 Å². The SMILES string of the molecule is Cc1ncn(C(C)CNC(C)C)c1C. The molecule has 1 atom stereocenters. The van der Waals surface area contributed by atoms with Gasteiger partial charge in [0.15, 0.2) is 0 Å². The molecule has 0 aliphatic heterocycles. The van der Waals surface area contributed by atoms with Gasteiger partial charge in [-0.05, 0) is 20.8 Å². The van der Waals surface area contributed by atoms with E-state index in [1.165, 1.54) is 5.69 Å². The van der Waals surface area contributed by atoms with Crippen LogP contribution in [-0.2, 0) is 0 Å². The van der Waals surface area contributed by atoms with Crippen molar-refractivity contribution in [3.63, 3.8) is 0 Å². The number of aromatic nitrogens is 2. The highest BCUT2D eigenvalue weighted by Crippen LogP contribution is 2.11. The first-order valence-corrected chi connectivity index (χ1v) is 5.25. The molecular formula is C11H21N3. The zero-order chi connectivity index (χ0) is 10.7. The first-order valence-electron chi connectivity index (χ1n) is 5.25. The maximum absolute atomic E-state index is 4.30. The Morgan fingerprint density at radius 3 is 2.43 bits per heavy atom. The van der Waals surface area contributed by atoms with Gasteiger partial charge < -0.3 is 9.88 Å². The van der Waals surface area contributed by atoms with E-state index in [1.807, 2.05) is 6.33 Å². The van der Waals surface area contributed by atoms with E-state index in [0.717, 1.165) is 12.2 Å². The van der Waals surface area contributed by atoms with Crippen LogP contribution in [0.3, 0.4) is 0 Å². The molecule has 0 aliphatic carbocycles. The van der Waals surface area contributed by atoms with Crippen LogP contribution in [0, 0.1) is 13.8 Å². The first kappa shape index (κ1) is 11.2. The van der Waals surface area contributed by atoms with Crippen molar-refractivity contribution in [1.29, 1.82) is 0 Å². The third-order valence-corrected chi connectivity index (χ3v) is 2.58. The summed E-state index contributed by atoms with van der Waals surface area (Å²) < 4.78 is 2.23. The molecule has 0 aliphatic rings. The van der Waals surface area contributed by atoms with E-state index >= 15 is 0 Å². The smallest absolute Gasteiger partial charge is 0.0954 e. The standard InChI is InChI=1S/C11H21N3/c1-8(2)12-6-9(3)14-7-13-10(4)11(14)5/h7-9,12H,6H2,1-5H3. The summed E-state index contributed by atoms with van der Waals surface area (Å²) in [7, 11) is 0. The third kappa shape index (κ3) is 2.58. The molecule has 0 spiro atoms. The summed E-state index contributed by atoms with van der Waals surface area (Å²) in [6.45, 7) is 11.7. The number of nitrogens with one attached hydrogen (secondary N) is 1. The van der Waals surface area contributed by atoms with Crippen molar-refractivity contribution in [2.45, 2.75) is 46.7 Å². The Balaban J connectivity index is 2.60. The fourth-order valence-corrected chi connectivity index (χ4v) is 1.46. The zero-order valence-electron chi connectivity index (χ0n) is 9.83. The summed E-state index contributed by atoms with van der Waals surface area (Å²) in [6.07, 6.45) is 1.93. The molecule has 0 saturated carbocycles. The number of nitrogens with zero attached hydrogens (tertiary/aromatic N) is 2. The monoisotopic (exact) mass is 195 g/mol. The second kappa shape index (κ2) is 4.60. The minimum atomic E-state index is 0.471. The van der Waals surface area contributed by atoms with Crippen LogP contribution in [-0.4, -0.2) is 22.1 Å². The van der Waals surface area contributed by atoms with Crippen LogP contribution in [0.5, 0.6) is 0 Å². The van der Waals surface area contributed by atoms with E-state index in [1.54, 1.807) is 0 Å². The van der Waals surface area contributed by atoms with E-state index < -0.39 is 0 Å². The summed E-state index contributed by atoms with van der Waals surface area (Å²) in [4.78, 5) is 4.30. The lowest BCUT2D eigenvalue weighted by Gasteiger charge is -2.17. The minimum absolute atomic E-state index is 0.471. The van der Waals surface area contributed by atoms with Gasteiger partial charge in [0.1, 0.15) is 0 Å². The normalized spacial score (nSPS) is 13.6. The molecule has 1 N–H and O–H groups in total. The number of imidazole rings is 1. The van der Waals surface area contributed by atoms with Crippen molar-refractivity contribution in [1.82, 2.24) is 14.9 Å². The summed E-state index contributed by atoms with van der Waals surface area (Å²) in [6, 6.07) is 1.01. The summed E-state index contributed by atoms with van der Waals surface area (Å²) in [5.74, 6) is 0. The molecule has 3 nitrogen and oxygen atoms in total. The Labute approximate surface area is 86.5 Å². The molecule has 1 heterocycles. The maximum Gasteiger partial charge on any atom is 0.0954 e. The van der Waals surface area contributed by atoms with Crippen molar-refractivity contribution in [2.75, 3.05) is 6.54 Å². The van der Waals surface area contributed by atoms with Gasteiger partial charge in [0.05, 0.1) is 12.0 Å². The molecule has 1 unspecified atom stereocenters. The second-order valence-corrected chi connectivity index (χ2v) is 4.23. The Hall–Kier alpha value is -0.830. The second-order valence-electron chi connectivity index (χ2n) is 4.23. The molecule has 0 radical (unpaired) electrons. The van der Waals surface area contributed by atoms with Gasteiger partial charge in [0, 0.05) is 24.3 Å². The predicted octanol–water partition coefficient (Wildman–Crippen LogP) is 2.06. The van der Waals surface area contributed by atoms with E-state index in [0.29, 0.717) is 12.1 Å². The van der Waals surface area contributed by atoms with Crippen LogP contribution < -0.4 is 5.32 Å². The fourth-order valence-electron chi connectivity index (χ4n) is 1.46. The number of aryl methyl sites for hydroxylation is 1. The van der Waals surface area contributed by atoms with Crippen LogP contribution in [0.2, 0.25) is 0 Å². The van der Waals surface area contributed by atoms with E-state index in [2.05, 4.69) is 49.5 Å². The van der Waals surface area contributed by atoms with E-state index in [9.17, 15) is 0 Å². The van der Waals surface area contributed by atoms with E-state index in [4.69, 9.17) is 0 Å². The number of hydrogen-bond donors (Lipinski definition) is 1. The molecule has 1 aromatic rings. The first-order chi connectivity index (χ1) is 6.52. The molecular weight excluding hydrogens is 174 g/mol. The molecule has 0 aromatic carbocycles. The van der Waals surface area contributed by atoms with Gasteiger partial charge in [-0.2, -0.15) is 0 Å². The van der Waals surface area contributed by atoms with Gasteiger partial charge in [-0.25, -0.2) is 4.98 Å². The number of hydrogen-bond acceptors (Lipinski definition) is 2. The highest BCUT2D eigenvalue weighted by molar-refractivity contribution is 5.09. The van der Waals surface area contributed by atoms with Gasteiger partial charge >= 0.3 is 0 Å². The Bertz CT molecular complexity index is 289. The predicted molar refractivity (Wildman–Crippen MR) is 59.6 cm³/mol. The third-order valence-electron chi connectivity index (χ3n) is 2.58. The summed E-state index contributed by atoms with van der Waals surface area (Å²) in [5.41, 5.74) is 2.39. The molecule has 3 heteroatoms. The average Bonchev–Trinajstić information content (AvgIpc) is 2.44. The quantitative estimate of drug-likeness (QED) is 0.797. The van der Waals surface area contributed by atoms with Crippen molar-refractivity contribution in [3.05, 3.63) is 17.7 Å². The van der Waals surface area contributed by atoms with Crippen molar-refractivity contribution >= 4 is 0 Å².